The normalized spacial score (nSPS) is 13.2. The van der Waals surface area contributed by atoms with Crippen molar-refractivity contribution in [3.63, 3.8) is 0 Å². The van der Waals surface area contributed by atoms with Gasteiger partial charge in [-0.1, -0.05) is 11.3 Å². The van der Waals surface area contributed by atoms with E-state index in [0.717, 1.165) is 11.6 Å². The van der Waals surface area contributed by atoms with Crippen molar-refractivity contribution in [1.29, 1.82) is 0 Å². The summed E-state index contributed by atoms with van der Waals surface area (Å²) in [5.41, 5.74) is 5.89. The minimum atomic E-state index is -3.83. The zero-order chi connectivity index (χ0) is 14.9. The second-order valence-corrected chi connectivity index (χ2v) is 7.78. The number of sulfonamides is 1. The van der Waals surface area contributed by atoms with Gasteiger partial charge < -0.3 is 5.73 Å². The van der Waals surface area contributed by atoms with Gasteiger partial charge in [-0.15, -0.1) is 0 Å². The van der Waals surface area contributed by atoms with Crippen LogP contribution < -0.4 is 10.5 Å². The van der Waals surface area contributed by atoms with E-state index in [1.165, 1.54) is 11.3 Å². The minimum absolute atomic E-state index is 0.126. The van der Waals surface area contributed by atoms with Gasteiger partial charge in [-0.05, 0) is 29.3 Å². The maximum absolute atomic E-state index is 12.2. The van der Waals surface area contributed by atoms with E-state index in [4.69, 9.17) is 5.73 Å². The molecule has 0 aromatic carbocycles. The van der Waals surface area contributed by atoms with Crippen LogP contribution in [-0.4, -0.2) is 13.3 Å². The molecular formula is C10H11N3O4S3. The smallest absolute Gasteiger partial charge is 0.304 e. The summed E-state index contributed by atoms with van der Waals surface area (Å²) in [6, 6.07) is 2.36. The number of hydrogen-bond acceptors (Lipinski definition) is 7. The first kappa shape index (κ1) is 14.9. The largest absolute Gasteiger partial charge is 0.385 e. The Labute approximate surface area is 123 Å². The van der Waals surface area contributed by atoms with Crippen molar-refractivity contribution in [2.45, 2.75) is 17.2 Å². The van der Waals surface area contributed by atoms with Crippen LogP contribution in [0.4, 0.5) is 10.7 Å². The molecule has 1 atom stereocenters. The summed E-state index contributed by atoms with van der Waals surface area (Å²) in [6.07, 6.45) is 0. The SMILES string of the molecule is CC(NS(=O)(=O)c1cc([N+](=O)[O-])c(N)s1)c1ccsc1. The Hall–Kier alpha value is -1.49. The molecule has 2 rings (SSSR count). The first-order valence-corrected chi connectivity index (χ1v) is 8.63. The molecule has 108 valence electrons. The molecule has 0 aliphatic rings. The lowest BCUT2D eigenvalue weighted by molar-refractivity contribution is -0.383. The van der Waals surface area contributed by atoms with Gasteiger partial charge in [0.25, 0.3) is 10.0 Å². The van der Waals surface area contributed by atoms with E-state index in [2.05, 4.69) is 4.72 Å². The average molecular weight is 333 g/mol. The number of nitrogens with two attached hydrogens (primary N) is 1. The van der Waals surface area contributed by atoms with Crippen LogP contribution in [0.5, 0.6) is 0 Å². The first-order chi connectivity index (χ1) is 9.31. The molecule has 20 heavy (non-hydrogen) atoms. The van der Waals surface area contributed by atoms with E-state index in [9.17, 15) is 18.5 Å². The molecule has 7 nitrogen and oxygen atoms in total. The summed E-state index contributed by atoms with van der Waals surface area (Å²) in [4.78, 5) is 9.99. The zero-order valence-corrected chi connectivity index (χ0v) is 12.7. The van der Waals surface area contributed by atoms with E-state index < -0.39 is 26.7 Å². The number of nitrogen functional groups attached to an aromatic ring is 1. The first-order valence-electron chi connectivity index (χ1n) is 5.39. The highest BCUT2D eigenvalue weighted by atomic mass is 32.2. The summed E-state index contributed by atoms with van der Waals surface area (Å²) in [6.45, 7) is 1.70. The van der Waals surface area contributed by atoms with Gasteiger partial charge in [0.05, 0.1) is 4.92 Å². The fourth-order valence-corrected chi connectivity index (χ4v) is 4.74. The van der Waals surface area contributed by atoms with Crippen molar-refractivity contribution in [3.8, 4) is 0 Å². The number of hydrogen-bond donors (Lipinski definition) is 2. The number of nitro groups is 1. The Morgan fingerprint density at radius 3 is 2.70 bits per heavy atom. The van der Waals surface area contributed by atoms with Crippen molar-refractivity contribution in [2.75, 3.05) is 5.73 Å². The molecule has 0 aliphatic carbocycles. The van der Waals surface area contributed by atoms with Crippen LogP contribution >= 0.6 is 22.7 Å². The monoisotopic (exact) mass is 333 g/mol. The van der Waals surface area contributed by atoms with E-state index in [1.54, 1.807) is 6.92 Å². The average Bonchev–Trinajstić information content (AvgIpc) is 2.96. The molecule has 0 amide bonds. The van der Waals surface area contributed by atoms with E-state index >= 15 is 0 Å². The molecule has 0 spiro atoms. The molecule has 0 saturated heterocycles. The predicted molar refractivity (Wildman–Crippen MR) is 78.4 cm³/mol. The van der Waals surface area contributed by atoms with Crippen molar-refractivity contribution in [3.05, 3.63) is 38.6 Å². The van der Waals surface area contributed by atoms with E-state index in [1.807, 2.05) is 16.8 Å². The summed E-state index contributed by atoms with van der Waals surface area (Å²) < 4.78 is 26.6. The fraction of sp³-hybridized carbons (Fsp3) is 0.200. The maximum Gasteiger partial charge on any atom is 0.304 e. The molecule has 2 heterocycles. The quantitative estimate of drug-likeness (QED) is 0.643. The van der Waals surface area contributed by atoms with Crippen LogP contribution in [0.1, 0.15) is 18.5 Å². The molecular weight excluding hydrogens is 322 g/mol. The minimum Gasteiger partial charge on any atom is -0.385 e. The highest BCUT2D eigenvalue weighted by molar-refractivity contribution is 7.91. The number of nitrogens with zero attached hydrogens (tertiary/aromatic N) is 1. The van der Waals surface area contributed by atoms with Crippen molar-refractivity contribution < 1.29 is 13.3 Å². The van der Waals surface area contributed by atoms with Crippen LogP contribution in [0.25, 0.3) is 0 Å². The Morgan fingerprint density at radius 2 is 2.20 bits per heavy atom. The van der Waals surface area contributed by atoms with Crippen LogP contribution in [-0.2, 0) is 10.0 Å². The van der Waals surface area contributed by atoms with Crippen LogP contribution in [0, 0.1) is 10.1 Å². The van der Waals surface area contributed by atoms with Gasteiger partial charge >= 0.3 is 5.69 Å². The van der Waals surface area contributed by atoms with Crippen LogP contribution in [0.15, 0.2) is 27.1 Å². The topological polar surface area (TPSA) is 115 Å². The van der Waals surface area contributed by atoms with Gasteiger partial charge in [0.2, 0.25) is 0 Å². The lowest BCUT2D eigenvalue weighted by Crippen LogP contribution is -2.25. The van der Waals surface area contributed by atoms with E-state index in [0.29, 0.717) is 11.3 Å². The molecule has 2 aromatic heterocycles. The summed E-state index contributed by atoms with van der Waals surface area (Å²) in [5.74, 6) is 0. The lowest BCUT2D eigenvalue weighted by Gasteiger charge is -2.11. The summed E-state index contributed by atoms with van der Waals surface area (Å²) in [5, 5.41) is 14.2. The number of nitrogens with one attached hydrogen (secondary N) is 1. The second kappa shape index (κ2) is 5.48. The van der Waals surface area contributed by atoms with Gasteiger partial charge in [0, 0.05) is 12.1 Å². The Balaban J connectivity index is 2.27. The molecule has 0 bridgehead atoms. The number of thiophene rings is 2. The Morgan fingerprint density at radius 1 is 1.50 bits per heavy atom. The third-order valence-electron chi connectivity index (χ3n) is 2.55. The molecule has 0 aliphatic heterocycles. The second-order valence-electron chi connectivity index (χ2n) is 3.97. The third kappa shape index (κ3) is 2.98. The van der Waals surface area contributed by atoms with Crippen molar-refractivity contribution in [2.24, 2.45) is 0 Å². The number of anilines is 1. The molecule has 0 saturated carbocycles. The summed E-state index contributed by atoms with van der Waals surface area (Å²) >= 11 is 2.14. The zero-order valence-electron chi connectivity index (χ0n) is 10.3. The Kier molecular flexibility index (Phi) is 4.09. The van der Waals surface area contributed by atoms with Crippen molar-refractivity contribution >= 4 is 43.4 Å². The molecule has 3 N–H and O–H groups in total. The van der Waals surface area contributed by atoms with Gasteiger partial charge in [0.15, 0.2) is 5.00 Å². The molecule has 10 heteroatoms. The van der Waals surface area contributed by atoms with Crippen molar-refractivity contribution in [1.82, 2.24) is 4.72 Å². The van der Waals surface area contributed by atoms with Crippen LogP contribution in [0.2, 0.25) is 0 Å². The van der Waals surface area contributed by atoms with Gasteiger partial charge in [-0.25, -0.2) is 13.1 Å². The van der Waals surface area contributed by atoms with Crippen LogP contribution in [0.3, 0.4) is 0 Å². The van der Waals surface area contributed by atoms with E-state index in [-0.39, 0.29) is 9.21 Å². The molecule has 0 fully saturated rings. The summed E-state index contributed by atoms with van der Waals surface area (Å²) in [7, 11) is -3.83. The van der Waals surface area contributed by atoms with Gasteiger partial charge in [-0.3, -0.25) is 10.1 Å². The molecule has 1 unspecified atom stereocenters. The molecule has 0 radical (unpaired) electrons. The van der Waals surface area contributed by atoms with Gasteiger partial charge in [-0.2, -0.15) is 11.3 Å². The highest BCUT2D eigenvalue weighted by Crippen LogP contribution is 2.34. The fourth-order valence-electron chi connectivity index (χ4n) is 1.53. The predicted octanol–water partition coefficient (Wildman–Crippen LogP) is 2.34. The van der Waals surface area contributed by atoms with Gasteiger partial charge in [0.1, 0.15) is 4.21 Å². The highest BCUT2D eigenvalue weighted by Gasteiger charge is 2.26. The molecule has 2 aromatic rings. The third-order valence-corrected chi connectivity index (χ3v) is 6.22. The maximum atomic E-state index is 12.2. The standard InChI is InChI=1S/C10H11N3O4S3/c1-6(7-2-3-18-5-7)12-20(16,17)9-4-8(13(14)15)10(11)19-9/h2-6,12H,11H2,1H3. The number of rotatable bonds is 5. The Bertz CT molecular complexity index is 721. The lowest BCUT2D eigenvalue weighted by atomic mass is 10.2.